The van der Waals surface area contributed by atoms with Gasteiger partial charge in [0.2, 0.25) is 0 Å². The maximum absolute atomic E-state index is 13.2. The first-order valence-electron chi connectivity index (χ1n) is 5.31. The molecule has 0 radical (unpaired) electrons. The molecule has 18 heavy (non-hydrogen) atoms. The first-order chi connectivity index (χ1) is 8.32. The zero-order chi connectivity index (χ0) is 13.9. The van der Waals surface area contributed by atoms with E-state index in [1.165, 1.54) is 12.1 Å². The molecule has 1 atom stereocenters. The Morgan fingerprint density at radius 2 is 2.00 bits per heavy atom. The van der Waals surface area contributed by atoms with Crippen LogP contribution in [0.4, 0.5) is 4.39 Å². The summed E-state index contributed by atoms with van der Waals surface area (Å²) in [6, 6.07) is 2.53. The van der Waals surface area contributed by atoms with Crippen LogP contribution in [-0.4, -0.2) is 23.0 Å². The van der Waals surface area contributed by atoms with E-state index in [1.807, 2.05) is 0 Å². The molecule has 0 saturated heterocycles. The number of carboxylic acid groups (broad SMARTS) is 1. The fourth-order valence-electron chi connectivity index (χ4n) is 1.38. The van der Waals surface area contributed by atoms with Gasteiger partial charge in [-0.25, -0.2) is 9.18 Å². The van der Waals surface area contributed by atoms with Gasteiger partial charge in [-0.15, -0.1) is 0 Å². The van der Waals surface area contributed by atoms with Crippen LogP contribution in [-0.2, 0) is 4.79 Å². The van der Waals surface area contributed by atoms with E-state index in [2.05, 4.69) is 5.32 Å². The van der Waals surface area contributed by atoms with Crippen LogP contribution >= 0.6 is 11.6 Å². The Morgan fingerprint density at radius 1 is 1.39 bits per heavy atom. The molecule has 0 aromatic heterocycles. The summed E-state index contributed by atoms with van der Waals surface area (Å²) in [5, 5.41) is 11.2. The van der Waals surface area contributed by atoms with Crippen LogP contribution in [0.2, 0.25) is 5.02 Å². The quantitative estimate of drug-likeness (QED) is 0.885. The summed E-state index contributed by atoms with van der Waals surface area (Å²) in [5.41, 5.74) is 0.0313. The number of amides is 1. The number of carbonyl (C=O) groups excluding carboxylic acids is 1. The summed E-state index contributed by atoms with van der Waals surface area (Å²) in [4.78, 5) is 22.7. The van der Waals surface area contributed by atoms with Gasteiger partial charge in [-0.1, -0.05) is 25.4 Å². The number of hydrogen-bond acceptors (Lipinski definition) is 2. The number of carboxylic acids is 1. The van der Waals surface area contributed by atoms with E-state index in [-0.39, 0.29) is 16.5 Å². The first-order valence-corrected chi connectivity index (χ1v) is 5.69. The SMILES string of the molecule is CC(C)[C@H](NC(=O)c1ccc(Cl)c(F)c1)C(=O)O. The largest absolute Gasteiger partial charge is 0.480 e. The lowest BCUT2D eigenvalue weighted by molar-refractivity contribution is -0.140. The molecule has 0 heterocycles. The minimum Gasteiger partial charge on any atom is -0.480 e. The molecule has 6 heteroatoms. The average Bonchev–Trinajstić information content (AvgIpc) is 2.28. The van der Waals surface area contributed by atoms with Gasteiger partial charge in [0.15, 0.2) is 0 Å². The normalized spacial score (nSPS) is 12.3. The molecule has 1 rings (SSSR count). The summed E-state index contributed by atoms with van der Waals surface area (Å²) < 4.78 is 13.2. The van der Waals surface area contributed by atoms with Gasteiger partial charge in [0.1, 0.15) is 11.9 Å². The van der Waals surface area contributed by atoms with Crippen LogP contribution in [0.25, 0.3) is 0 Å². The van der Waals surface area contributed by atoms with Gasteiger partial charge in [0.25, 0.3) is 5.91 Å². The monoisotopic (exact) mass is 273 g/mol. The van der Waals surface area contributed by atoms with E-state index < -0.39 is 23.7 Å². The van der Waals surface area contributed by atoms with Gasteiger partial charge in [-0.3, -0.25) is 4.79 Å². The lowest BCUT2D eigenvalue weighted by Crippen LogP contribution is -2.44. The summed E-state index contributed by atoms with van der Waals surface area (Å²) in [7, 11) is 0. The number of rotatable bonds is 4. The Labute approximate surface area is 109 Å². The van der Waals surface area contributed by atoms with E-state index >= 15 is 0 Å². The molecule has 0 aliphatic rings. The van der Waals surface area contributed by atoms with Gasteiger partial charge in [0.05, 0.1) is 5.02 Å². The predicted molar refractivity (Wildman–Crippen MR) is 65.1 cm³/mol. The molecule has 1 amide bonds. The van der Waals surface area contributed by atoms with Crippen molar-refractivity contribution in [2.75, 3.05) is 0 Å². The highest BCUT2D eigenvalue weighted by atomic mass is 35.5. The molecule has 2 N–H and O–H groups in total. The number of hydrogen-bond donors (Lipinski definition) is 2. The molecule has 1 aromatic rings. The molecule has 0 saturated carbocycles. The molecule has 0 aliphatic carbocycles. The Hall–Kier alpha value is -1.62. The minimum absolute atomic E-state index is 0.0313. The zero-order valence-corrected chi connectivity index (χ0v) is 10.7. The molecular formula is C12H13ClFNO3. The zero-order valence-electron chi connectivity index (χ0n) is 9.91. The third-order valence-corrected chi connectivity index (χ3v) is 2.71. The van der Waals surface area contributed by atoms with Crippen molar-refractivity contribution in [2.45, 2.75) is 19.9 Å². The molecular weight excluding hydrogens is 261 g/mol. The lowest BCUT2D eigenvalue weighted by Gasteiger charge is -2.17. The van der Waals surface area contributed by atoms with Gasteiger partial charge >= 0.3 is 5.97 Å². The van der Waals surface area contributed by atoms with Crippen molar-refractivity contribution in [3.8, 4) is 0 Å². The summed E-state index contributed by atoms with van der Waals surface area (Å²) >= 11 is 5.49. The van der Waals surface area contributed by atoms with Crippen molar-refractivity contribution in [3.05, 3.63) is 34.6 Å². The lowest BCUT2D eigenvalue weighted by atomic mass is 10.0. The van der Waals surface area contributed by atoms with E-state index in [0.717, 1.165) is 6.07 Å². The van der Waals surface area contributed by atoms with E-state index in [9.17, 15) is 14.0 Å². The second-order valence-electron chi connectivity index (χ2n) is 4.16. The highest BCUT2D eigenvalue weighted by Gasteiger charge is 2.24. The van der Waals surface area contributed by atoms with Crippen LogP contribution in [0.3, 0.4) is 0 Å². The van der Waals surface area contributed by atoms with Gasteiger partial charge in [-0.05, 0) is 24.1 Å². The fourth-order valence-corrected chi connectivity index (χ4v) is 1.49. The van der Waals surface area contributed by atoms with Crippen molar-refractivity contribution in [1.82, 2.24) is 5.32 Å². The van der Waals surface area contributed by atoms with Crippen molar-refractivity contribution < 1.29 is 19.1 Å². The second-order valence-corrected chi connectivity index (χ2v) is 4.57. The van der Waals surface area contributed by atoms with E-state index in [1.54, 1.807) is 13.8 Å². The molecule has 0 fully saturated rings. The highest BCUT2D eigenvalue weighted by molar-refractivity contribution is 6.30. The standard InChI is InChI=1S/C12H13ClFNO3/c1-6(2)10(12(17)18)15-11(16)7-3-4-8(13)9(14)5-7/h3-6,10H,1-2H3,(H,15,16)(H,17,18)/t10-/m0/s1. The molecule has 0 aliphatic heterocycles. The topological polar surface area (TPSA) is 66.4 Å². The van der Waals surface area contributed by atoms with Crippen LogP contribution < -0.4 is 5.32 Å². The van der Waals surface area contributed by atoms with Crippen molar-refractivity contribution in [3.63, 3.8) is 0 Å². The Balaban J connectivity index is 2.87. The predicted octanol–water partition coefficient (Wildman–Crippen LogP) is 2.32. The van der Waals surface area contributed by atoms with Crippen LogP contribution in [0.15, 0.2) is 18.2 Å². The van der Waals surface area contributed by atoms with Gasteiger partial charge in [0, 0.05) is 5.56 Å². The van der Waals surface area contributed by atoms with Crippen molar-refractivity contribution in [2.24, 2.45) is 5.92 Å². The number of benzene rings is 1. The Kier molecular flexibility index (Phi) is 4.67. The molecule has 98 valence electrons. The summed E-state index contributed by atoms with van der Waals surface area (Å²) in [6.07, 6.45) is 0. The first kappa shape index (κ1) is 14.4. The smallest absolute Gasteiger partial charge is 0.326 e. The third kappa shape index (κ3) is 3.43. The van der Waals surface area contributed by atoms with Crippen LogP contribution in [0.1, 0.15) is 24.2 Å². The fraction of sp³-hybridized carbons (Fsp3) is 0.333. The third-order valence-electron chi connectivity index (χ3n) is 2.40. The van der Waals surface area contributed by atoms with E-state index in [0.29, 0.717) is 0 Å². The number of aliphatic carboxylic acids is 1. The maximum atomic E-state index is 13.2. The molecule has 0 spiro atoms. The number of carbonyl (C=O) groups is 2. The van der Waals surface area contributed by atoms with Crippen molar-refractivity contribution in [1.29, 1.82) is 0 Å². The van der Waals surface area contributed by atoms with Crippen LogP contribution in [0.5, 0.6) is 0 Å². The average molecular weight is 274 g/mol. The Morgan fingerprint density at radius 3 is 2.44 bits per heavy atom. The highest BCUT2D eigenvalue weighted by Crippen LogP contribution is 2.15. The molecule has 1 aromatic carbocycles. The van der Waals surface area contributed by atoms with Crippen molar-refractivity contribution >= 4 is 23.5 Å². The number of halogens is 2. The summed E-state index contributed by atoms with van der Waals surface area (Å²) in [5.74, 6) is -2.77. The molecule has 4 nitrogen and oxygen atoms in total. The van der Waals surface area contributed by atoms with E-state index in [4.69, 9.17) is 16.7 Å². The van der Waals surface area contributed by atoms with Crippen LogP contribution in [0, 0.1) is 11.7 Å². The molecule has 0 unspecified atom stereocenters. The molecule has 0 bridgehead atoms. The minimum atomic E-state index is -1.13. The summed E-state index contributed by atoms with van der Waals surface area (Å²) in [6.45, 7) is 3.34. The Bertz CT molecular complexity index is 476. The maximum Gasteiger partial charge on any atom is 0.326 e. The van der Waals surface area contributed by atoms with Gasteiger partial charge < -0.3 is 10.4 Å². The van der Waals surface area contributed by atoms with Gasteiger partial charge in [-0.2, -0.15) is 0 Å². The number of nitrogens with one attached hydrogen (secondary N) is 1. The second kappa shape index (κ2) is 5.82.